The zero-order valence-electron chi connectivity index (χ0n) is 12.1. The molecule has 1 aliphatic rings. The van der Waals surface area contributed by atoms with Crippen LogP contribution < -0.4 is 10.5 Å². The Kier molecular flexibility index (Phi) is 5.60. The van der Waals surface area contributed by atoms with E-state index in [9.17, 15) is 18.3 Å². The second-order valence-electron chi connectivity index (χ2n) is 5.45. The smallest absolute Gasteiger partial charge is 0.422 e. The van der Waals surface area contributed by atoms with Crippen LogP contribution in [0.1, 0.15) is 24.5 Å². The molecule has 1 aromatic rings. The van der Waals surface area contributed by atoms with E-state index in [0.29, 0.717) is 12.1 Å². The van der Waals surface area contributed by atoms with Crippen LogP contribution in [0.3, 0.4) is 0 Å². The fraction of sp³-hybridized carbons (Fsp3) is 0.643. The van der Waals surface area contributed by atoms with Gasteiger partial charge in [0, 0.05) is 30.4 Å². The van der Waals surface area contributed by atoms with E-state index in [-0.39, 0.29) is 5.88 Å². The minimum Gasteiger partial charge on any atom is -0.468 e. The Labute approximate surface area is 126 Å². The molecule has 8 heteroatoms. The standard InChI is InChI=1S/C14H20F3N3O2/c15-14(16,17)9-22-12-4-3-10(7-19-12)13(21)11(18)8-20-5-1-2-6-20/h3-4,7,11,13,21H,1-2,5-6,8-9,18H2/t11-,13?/m1/s1. The molecular formula is C14H20F3N3O2. The molecule has 3 N–H and O–H groups in total. The first-order valence-electron chi connectivity index (χ1n) is 7.16. The summed E-state index contributed by atoms with van der Waals surface area (Å²) >= 11 is 0. The van der Waals surface area contributed by atoms with Crippen molar-refractivity contribution in [3.8, 4) is 5.88 Å². The molecule has 1 unspecified atom stereocenters. The quantitative estimate of drug-likeness (QED) is 0.831. The van der Waals surface area contributed by atoms with Gasteiger partial charge in [-0.3, -0.25) is 0 Å². The molecule has 0 spiro atoms. The van der Waals surface area contributed by atoms with Gasteiger partial charge < -0.3 is 20.5 Å². The predicted octanol–water partition coefficient (Wildman–Crippen LogP) is 1.48. The van der Waals surface area contributed by atoms with E-state index in [1.54, 1.807) is 0 Å². The molecule has 2 rings (SSSR count). The molecule has 0 radical (unpaired) electrons. The molecule has 2 heterocycles. The van der Waals surface area contributed by atoms with Gasteiger partial charge in [0.25, 0.3) is 0 Å². The number of hydrogen-bond acceptors (Lipinski definition) is 5. The van der Waals surface area contributed by atoms with Crippen LogP contribution in [0, 0.1) is 0 Å². The summed E-state index contributed by atoms with van der Waals surface area (Å²) in [5.41, 5.74) is 6.45. The lowest BCUT2D eigenvalue weighted by molar-refractivity contribution is -0.154. The molecule has 22 heavy (non-hydrogen) atoms. The van der Waals surface area contributed by atoms with Gasteiger partial charge in [0.1, 0.15) is 0 Å². The number of alkyl halides is 3. The highest BCUT2D eigenvalue weighted by Crippen LogP contribution is 2.21. The minimum atomic E-state index is -4.40. The first-order chi connectivity index (χ1) is 10.3. The first kappa shape index (κ1) is 17.0. The monoisotopic (exact) mass is 319 g/mol. The second kappa shape index (κ2) is 7.26. The van der Waals surface area contributed by atoms with Crippen LogP contribution >= 0.6 is 0 Å². The van der Waals surface area contributed by atoms with E-state index < -0.39 is 24.9 Å². The van der Waals surface area contributed by atoms with Crippen molar-refractivity contribution in [3.63, 3.8) is 0 Å². The van der Waals surface area contributed by atoms with Crippen molar-refractivity contribution in [2.75, 3.05) is 26.2 Å². The number of likely N-dealkylation sites (tertiary alicyclic amines) is 1. The average Bonchev–Trinajstić information content (AvgIpc) is 2.97. The summed E-state index contributed by atoms with van der Waals surface area (Å²) in [5.74, 6) is -0.138. The van der Waals surface area contributed by atoms with Crippen LogP contribution in [0.4, 0.5) is 13.2 Å². The number of nitrogens with two attached hydrogens (primary N) is 1. The average molecular weight is 319 g/mol. The number of pyridine rings is 1. The fourth-order valence-corrected chi connectivity index (χ4v) is 2.42. The van der Waals surface area contributed by atoms with Gasteiger partial charge in [0.05, 0.1) is 6.10 Å². The lowest BCUT2D eigenvalue weighted by Gasteiger charge is -2.24. The number of halogens is 3. The number of aromatic nitrogens is 1. The minimum absolute atomic E-state index is 0.138. The maximum Gasteiger partial charge on any atom is 0.422 e. The Balaban J connectivity index is 1.88. The molecule has 1 saturated heterocycles. The summed E-state index contributed by atoms with van der Waals surface area (Å²) in [4.78, 5) is 5.95. The molecule has 2 atom stereocenters. The Bertz CT molecular complexity index is 461. The summed E-state index contributed by atoms with van der Waals surface area (Å²) in [7, 11) is 0. The maximum atomic E-state index is 12.0. The zero-order valence-corrected chi connectivity index (χ0v) is 12.1. The molecule has 0 amide bonds. The summed E-state index contributed by atoms with van der Waals surface area (Å²) in [6, 6.07) is 2.31. The van der Waals surface area contributed by atoms with Gasteiger partial charge in [-0.2, -0.15) is 13.2 Å². The molecule has 1 aromatic heterocycles. The lowest BCUT2D eigenvalue weighted by atomic mass is 10.0. The Morgan fingerprint density at radius 1 is 1.32 bits per heavy atom. The maximum absolute atomic E-state index is 12.0. The number of aliphatic hydroxyl groups excluding tert-OH is 1. The van der Waals surface area contributed by atoms with Gasteiger partial charge in [-0.15, -0.1) is 0 Å². The predicted molar refractivity (Wildman–Crippen MR) is 74.4 cm³/mol. The summed E-state index contributed by atoms with van der Waals surface area (Å²) in [6.07, 6.45) is -1.76. The largest absolute Gasteiger partial charge is 0.468 e. The highest BCUT2D eigenvalue weighted by molar-refractivity contribution is 5.21. The third kappa shape index (κ3) is 5.11. The van der Waals surface area contributed by atoms with Crippen molar-refractivity contribution < 1.29 is 23.0 Å². The van der Waals surface area contributed by atoms with E-state index in [1.165, 1.54) is 18.3 Å². The number of rotatable bonds is 6. The van der Waals surface area contributed by atoms with Crippen molar-refractivity contribution in [1.82, 2.24) is 9.88 Å². The third-order valence-electron chi connectivity index (χ3n) is 3.56. The first-order valence-corrected chi connectivity index (χ1v) is 7.16. The van der Waals surface area contributed by atoms with Crippen LogP contribution in [-0.2, 0) is 0 Å². The van der Waals surface area contributed by atoms with Gasteiger partial charge >= 0.3 is 6.18 Å². The van der Waals surface area contributed by atoms with Crippen LogP contribution in [0.5, 0.6) is 5.88 Å². The Morgan fingerprint density at radius 2 is 2.00 bits per heavy atom. The van der Waals surface area contributed by atoms with Crippen molar-refractivity contribution in [3.05, 3.63) is 23.9 Å². The molecule has 1 fully saturated rings. The molecule has 5 nitrogen and oxygen atoms in total. The summed E-state index contributed by atoms with van der Waals surface area (Å²) < 4.78 is 40.6. The zero-order chi connectivity index (χ0) is 16.2. The van der Waals surface area contributed by atoms with E-state index in [4.69, 9.17) is 5.73 Å². The lowest BCUT2D eigenvalue weighted by Crippen LogP contribution is -2.40. The number of ether oxygens (including phenoxy) is 1. The normalized spacial score (nSPS) is 19.1. The topological polar surface area (TPSA) is 71.6 Å². The van der Waals surface area contributed by atoms with Gasteiger partial charge in [-0.1, -0.05) is 0 Å². The fourth-order valence-electron chi connectivity index (χ4n) is 2.42. The van der Waals surface area contributed by atoms with Crippen LogP contribution in [0.15, 0.2) is 18.3 Å². The Morgan fingerprint density at radius 3 is 2.55 bits per heavy atom. The van der Waals surface area contributed by atoms with Gasteiger partial charge in [-0.25, -0.2) is 4.98 Å². The van der Waals surface area contributed by atoms with Crippen LogP contribution in [0.25, 0.3) is 0 Å². The van der Waals surface area contributed by atoms with Crippen molar-refractivity contribution >= 4 is 0 Å². The van der Waals surface area contributed by atoms with E-state index in [0.717, 1.165) is 25.9 Å². The van der Waals surface area contributed by atoms with Crippen molar-refractivity contribution in [2.24, 2.45) is 5.73 Å². The van der Waals surface area contributed by atoms with E-state index in [2.05, 4.69) is 14.6 Å². The third-order valence-corrected chi connectivity index (χ3v) is 3.56. The highest BCUT2D eigenvalue weighted by Gasteiger charge is 2.28. The number of hydrogen-bond donors (Lipinski definition) is 2. The van der Waals surface area contributed by atoms with Gasteiger partial charge in [0.2, 0.25) is 5.88 Å². The van der Waals surface area contributed by atoms with E-state index >= 15 is 0 Å². The molecule has 124 valence electrons. The summed E-state index contributed by atoms with van der Waals surface area (Å²) in [5, 5.41) is 10.2. The number of aliphatic hydroxyl groups is 1. The molecule has 0 bridgehead atoms. The van der Waals surface area contributed by atoms with Crippen molar-refractivity contribution in [1.29, 1.82) is 0 Å². The second-order valence-corrected chi connectivity index (χ2v) is 5.45. The molecule has 0 aliphatic carbocycles. The number of nitrogens with zero attached hydrogens (tertiary/aromatic N) is 2. The molecule has 0 aromatic carbocycles. The highest BCUT2D eigenvalue weighted by atomic mass is 19.4. The van der Waals surface area contributed by atoms with Gasteiger partial charge in [-0.05, 0) is 32.0 Å². The van der Waals surface area contributed by atoms with E-state index in [1.807, 2.05) is 0 Å². The van der Waals surface area contributed by atoms with Gasteiger partial charge in [0.15, 0.2) is 6.61 Å². The van der Waals surface area contributed by atoms with Crippen LogP contribution in [0.2, 0.25) is 0 Å². The molecular weight excluding hydrogens is 299 g/mol. The van der Waals surface area contributed by atoms with Crippen LogP contribution in [-0.4, -0.2) is 53.4 Å². The molecule has 0 saturated carbocycles. The van der Waals surface area contributed by atoms with Crippen molar-refractivity contribution in [2.45, 2.75) is 31.2 Å². The SMILES string of the molecule is N[C@H](CN1CCCC1)C(O)c1ccc(OCC(F)(F)F)nc1. The Hall–Kier alpha value is -1.38. The summed E-state index contributed by atoms with van der Waals surface area (Å²) in [6.45, 7) is 1.13. The molecule has 1 aliphatic heterocycles.